The van der Waals surface area contributed by atoms with E-state index in [2.05, 4.69) is 21.0 Å². The lowest BCUT2D eigenvalue weighted by Crippen LogP contribution is -2.33. The first kappa shape index (κ1) is 13.4. The number of anilines is 3. The molecule has 2 aromatic rings. The van der Waals surface area contributed by atoms with Crippen LogP contribution in [-0.2, 0) is 17.8 Å². The van der Waals surface area contributed by atoms with Crippen LogP contribution < -0.4 is 16.0 Å². The van der Waals surface area contributed by atoms with Crippen molar-refractivity contribution >= 4 is 23.1 Å². The first-order chi connectivity index (χ1) is 10.2. The summed E-state index contributed by atoms with van der Waals surface area (Å²) in [7, 11) is 1.67. The lowest BCUT2D eigenvalue weighted by Gasteiger charge is -2.19. The molecule has 0 aliphatic carbocycles. The average molecular weight is 287 g/mol. The Labute approximate surface area is 122 Å². The molecule has 3 rings (SSSR count). The molecule has 0 spiro atoms. The minimum atomic E-state index is -0.174. The molecule has 110 valence electrons. The maximum absolute atomic E-state index is 11.3. The number of fused-ring (bicyclic) bond motifs is 1. The van der Waals surface area contributed by atoms with Crippen LogP contribution in [0.5, 0.6) is 0 Å². The van der Waals surface area contributed by atoms with Crippen molar-refractivity contribution in [1.29, 1.82) is 0 Å². The highest BCUT2D eigenvalue weighted by Crippen LogP contribution is 2.25. The molecule has 0 bridgehead atoms. The van der Waals surface area contributed by atoms with Gasteiger partial charge in [-0.05, 0) is 17.7 Å². The predicted molar refractivity (Wildman–Crippen MR) is 79.7 cm³/mol. The van der Waals surface area contributed by atoms with Gasteiger partial charge in [-0.1, -0.05) is 6.07 Å². The molecule has 1 aromatic carbocycles. The summed E-state index contributed by atoms with van der Waals surface area (Å²) < 4.78 is 6.83. The molecule has 2 heterocycles. The Balaban J connectivity index is 1.71. The largest absolute Gasteiger partial charge is 0.383 e. The number of benzene rings is 1. The normalized spacial score (nSPS) is 13.3. The molecule has 0 radical (unpaired) electrons. The number of rotatable bonds is 5. The van der Waals surface area contributed by atoms with E-state index in [0.717, 1.165) is 22.6 Å². The van der Waals surface area contributed by atoms with E-state index in [1.165, 1.54) is 0 Å². The van der Waals surface area contributed by atoms with Crippen LogP contribution >= 0.6 is 0 Å². The third-order valence-electron chi connectivity index (χ3n) is 3.24. The maximum Gasteiger partial charge on any atom is 0.319 e. The highest BCUT2D eigenvalue weighted by molar-refractivity contribution is 5.93. The first-order valence-electron chi connectivity index (χ1n) is 6.71. The minimum Gasteiger partial charge on any atom is -0.383 e. The van der Waals surface area contributed by atoms with E-state index in [0.29, 0.717) is 19.7 Å². The second-order valence-corrected chi connectivity index (χ2v) is 4.79. The topological polar surface area (TPSA) is 80.2 Å². The van der Waals surface area contributed by atoms with Gasteiger partial charge in [0, 0.05) is 31.2 Å². The fourth-order valence-corrected chi connectivity index (χ4v) is 2.17. The number of ether oxygens (including phenoxy) is 1. The van der Waals surface area contributed by atoms with E-state index in [1.807, 2.05) is 29.1 Å². The number of nitrogens with zero attached hydrogens (tertiary/aromatic N) is 2. The van der Waals surface area contributed by atoms with E-state index < -0.39 is 0 Å². The molecule has 7 heteroatoms. The number of amides is 2. The summed E-state index contributed by atoms with van der Waals surface area (Å²) in [6, 6.07) is 5.71. The summed E-state index contributed by atoms with van der Waals surface area (Å²) in [6.45, 7) is 1.89. The van der Waals surface area contributed by atoms with Crippen LogP contribution in [0.15, 0.2) is 30.6 Å². The monoisotopic (exact) mass is 287 g/mol. The van der Waals surface area contributed by atoms with Gasteiger partial charge in [-0.15, -0.1) is 0 Å². The predicted octanol–water partition coefficient (Wildman–Crippen LogP) is 1.91. The highest BCUT2D eigenvalue weighted by Gasteiger charge is 2.13. The van der Waals surface area contributed by atoms with Crippen molar-refractivity contribution < 1.29 is 9.53 Å². The summed E-state index contributed by atoms with van der Waals surface area (Å²) in [4.78, 5) is 11.3. The third kappa shape index (κ3) is 3.14. The van der Waals surface area contributed by atoms with Crippen molar-refractivity contribution in [3.05, 3.63) is 36.2 Å². The van der Waals surface area contributed by atoms with Crippen LogP contribution in [0.4, 0.5) is 21.9 Å². The smallest absolute Gasteiger partial charge is 0.319 e. The van der Waals surface area contributed by atoms with Gasteiger partial charge in [-0.2, -0.15) is 5.10 Å². The number of nitrogens with one attached hydrogen (secondary N) is 3. The Bertz CT molecular complexity index is 653. The van der Waals surface area contributed by atoms with Gasteiger partial charge in [-0.3, -0.25) is 4.68 Å². The quantitative estimate of drug-likeness (QED) is 0.784. The second-order valence-electron chi connectivity index (χ2n) is 4.79. The molecule has 7 nitrogen and oxygen atoms in total. The van der Waals surface area contributed by atoms with Crippen LogP contribution in [0.25, 0.3) is 0 Å². The molecule has 0 atom stereocenters. The Morgan fingerprint density at radius 3 is 3.19 bits per heavy atom. The van der Waals surface area contributed by atoms with Crippen LogP contribution in [-0.4, -0.2) is 29.5 Å². The van der Waals surface area contributed by atoms with E-state index in [4.69, 9.17) is 4.74 Å². The number of hydrogen-bond donors (Lipinski definition) is 3. The number of hydrogen-bond acceptors (Lipinski definition) is 4. The van der Waals surface area contributed by atoms with Gasteiger partial charge < -0.3 is 20.7 Å². The van der Waals surface area contributed by atoms with E-state index in [1.54, 1.807) is 13.3 Å². The molecule has 3 N–H and O–H groups in total. The number of carbonyl (C=O) groups excluding carboxylic acids is 1. The zero-order chi connectivity index (χ0) is 14.7. The Morgan fingerprint density at radius 1 is 1.43 bits per heavy atom. The molecule has 0 saturated carbocycles. The number of methoxy groups -OCH3 is 1. The molecule has 1 aliphatic heterocycles. The van der Waals surface area contributed by atoms with Crippen molar-refractivity contribution in [1.82, 2.24) is 15.1 Å². The summed E-state index contributed by atoms with van der Waals surface area (Å²) in [6.07, 6.45) is 3.67. The van der Waals surface area contributed by atoms with Gasteiger partial charge in [0.15, 0.2) is 0 Å². The molecule has 0 saturated heterocycles. The molecule has 0 unspecified atom stereocenters. The van der Waals surface area contributed by atoms with Crippen molar-refractivity contribution in [2.45, 2.75) is 13.1 Å². The Hall–Kier alpha value is -2.54. The van der Waals surface area contributed by atoms with Crippen molar-refractivity contribution in [2.75, 3.05) is 24.4 Å². The molecule has 1 aromatic heterocycles. The molecule has 0 fully saturated rings. The van der Waals surface area contributed by atoms with Crippen LogP contribution in [0.3, 0.4) is 0 Å². The van der Waals surface area contributed by atoms with Gasteiger partial charge in [0.05, 0.1) is 25.0 Å². The average Bonchev–Trinajstić information content (AvgIpc) is 2.92. The first-order valence-corrected chi connectivity index (χ1v) is 6.71. The van der Waals surface area contributed by atoms with Gasteiger partial charge in [0.2, 0.25) is 0 Å². The summed E-state index contributed by atoms with van der Waals surface area (Å²) >= 11 is 0. The van der Waals surface area contributed by atoms with Gasteiger partial charge >= 0.3 is 6.03 Å². The van der Waals surface area contributed by atoms with Gasteiger partial charge in [0.1, 0.15) is 0 Å². The van der Waals surface area contributed by atoms with Crippen LogP contribution in [0, 0.1) is 0 Å². The zero-order valence-corrected chi connectivity index (χ0v) is 11.7. The Kier molecular flexibility index (Phi) is 3.74. The van der Waals surface area contributed by atoms with E-state index in [-0.39, 0.29) is 6.03 Å². The van der Waals surface area contributed by atoms with Crippen LogP contribution in [0.2, 0.25) is 0 Å². The summed E-state index contributed by atoms with van der Waals surface area (Å²) in [5.41, 5.74) is 3.69. The zero-order valence-electron chi connectivity index (χ0n) is 11.7. The van der Waals surface area contributed by atoms with Crippen LogP contribution in [0.1, 0.15) is 5.56 Å². The number of urea groups is 1. The lowest BCUT2D eigenvalue weighted by atomic mass is 10.1. The molecule has 1 aliphatic rings. The van der Waals surface area contributed by atoms with Crippen molar-refractivity contribution in [3.63, 3.8) is 0 Å². The Morgan fingerprint density at radius 2 is 2.33 bits per heavy atom. The molecule has 21 heavy (non-hydrogen) atoms. The molecular weight excluding hydrogens is 270 g/mol. The molecular formula is C14H17N5O2. The number of aromatic nitrogens is 2. The third-order valence-corrected chi connectivity index (χ3v) is 3.24. The van der Waals surface area contributed by atoms with Crippen molar-refractivity contribution in [2.24, 2.45) is 0 Å². The lowest BCUT2D eigenvalue weighted by molar-refractivity contribution is 0.183. The van der Waals surface area contributed by atoms with Gasteiger partial charge in [0.25, 0.3) is 0 Å². The van der Waals surface area contributed by atoms with Crippen molar-refractivity contribution in [3.8, 4) is 0 Å². The van der Waals surface area contributed by atoms with E-state index >= 15 is 0 Å². The number of carbonyl (C=O) groups is 1. The fraction of sp³-hybridized carbons (Fsp3) is 0.286. The molecule has 2 amide bonds. The fourth-order valence-electron chi connectivity index (χ4n) is 2.17. The standard InChI is InChI=1S/C14H17N5O2/c1-21-5-4-19-9-12(8-16-19)17-11-3-2-10-7-15-14(20)18-13(10)6-11/h2-3,6,8-9,17H,4-5,7H2,1H3,(H2,15,18,20). The van der Waals surface area contributed by atoms with E-state index in [9.17, 15) is 4.79 Å². The SMILES string of the molecule is COCCn1cc(Nc2ccc3c(c2)NC(=O)NC3)cn1. The van der Waals surface area contributed by atoms with Gasteiger partial charge in [-0.25, -0.2) is 4.79 Å². The highest BCUT2D eigenvalue weighted by atomic mass is 16.5. The summed E-state index contributed by atoms with van der Waals surface area (Å²) in [5.74, 6) is 0. The summed E-state index contributed by atoms with van der Waals surface area (Å²) in [5, 5.41) is 13.0. The maximum atomic E-state index is 11.3. The minimum absolute atomic E-state index is 0.174. The second kappa shape index (κ2) is 5.84.